The maximum absolute atomic E-state index is 2.78. The Labute approximate surface area is 66.0 Å². The molecule has 0 aromatic heterocycles. The fraction of sp³-hybridized carbons (Fsp3) is 0. The normalized spacial score (nSPS) is 6.60. The fourth-order valence-electron chi connectivity index (χ4n) is 0. The van der Waals surface area contributed by atoms with E-state index in [9.17, 15) is 0 Å². The summed E-state index contributed by atoms with van der Waals surface area (Å²) in [5.41, 5.74) is 0. The molecule has 0 aliphatic carbocycles. The molecule has 0 saturated carbocycles. The predicted octanol–water partition coefficient (Wildman–Crippen LogP) is -2.96. The first-order valence-corrected chi connectivity index (χ1v) is 10.0. The zero-order valence-electron chi connectivity index (χ0n) is 2.78. The Morgan fingerprint density at radius 3 is 1.60 bits per heavy atom. The summed E-state index contributed by atoms with van der Waals surface area (Å²) >= 11 is 0. The van der Waals surface area contributed by atoms with Crippen LogP contribution in [0.1, 0.15) is 0 Å². The Balaban J connectivity index is -0.0000000200. The molecule has 30 valence electrons. The van der Waals surface area contributed by atoms with Gasteiger partial charge in [-0.1, -0.05) is 0 Å². The molecule has 0 nitrogen and oxygen atoms in total. The van der Waals surface area contributed by atoms with Crippen molar-refractivity contribution < 1.29 is 21.7 Å². The van der Waals surface area contributed by atoms with Gasteiger partial charge in [0.2, 0.25) is 0 Å². The standard InChI is InChI=1S/Al.H7PSi2.Ti.3H/c;1-3-2;;;;/h;1,3H2,2H3;;;;. The molecule has 0 spiro atoms. The molecule has 0 aliphatic heterocycles. The minimum Gasteiger partial charge on any atom is -0.159 e. The fourth-order valence-corrected chi connectivity index (χ4v) is 0. The van der Waals surface area contributed by atoms with Gasteiger partial charge in [0.1, 0.15) is 0 Å². The van der Waals surface area contributed by atoms with E-state index < -0.39 is 0 Å². The molecule has 0 aliphatic rings. The molecule has 1 unspecified atom stereocenters. The molecule has 0 aromatic carbocycles. The van der Waals surface area contributed by atoms with Gasteiger partial charge in [0, 0.05) is 30.4 Å². The summed E-state index contributed by atoms with van der Waals surface area (Å²) in [5, 5.41) is 0. The smallest absolute Gasteiger partial charge is 0.159 e. The van der Waals surface area contributed by atoms with Crippen LogP contribution >= 0.6 is 8.79 Å². The maximum Gasteiger partial charge on any atom is 0.187 e. The third kappa shape index (κ3) is 23.2. The van der Waals surface area contributed by atoms with Crippen LogP contribution in [0.3, 0.4) is 0 Å². The summed E-state index contributed by atoms with van der Waals surface area (Å²) in [7, 11) is 4.72. The Kier molecular flexibility index (Phi) is 51.8. The van der Waals surface area contributed by atoms with Gasteiger partial charge < -0.3 is 0 Å². The second-order valence-corrected chi connectivity index (χ2v) is 11.0. The topological polar surface area (TPSA) is 0 Å². The second-order valence-electron chi connectivity index (χ2n) is 0.408. The van der Waals surface area contributed by atoms with Crippen molar-refractivity contribution in [2.45, 2.75) is 0 Å². The summed E-state index contributed by atoms with van der Waals surface area (Å²) in [6.45, 7) is 0. The van der Waals surface area contributed by atoms with Gasteiger partial charge in [0.15, 0.2) is 17.4 Å². The predicted molar refractivity (Wildman–Crippen MR) is 38.1 cm³/mol. The van der Waals surface area contributed by atoms with Crippen molar-refractivity contribution in [3.63, 3.8) is 0 Å². The van der Waals surface area contributed by atoms with E-state index in [4.69, 9.17) is 0 Å². The van der Waals surface area contributed by atoms with E-state index in [2.05, 4.69) is 8.79 Å². The molecule has 1 atom stereocenters. The molecule has 0 aromatic rings. The van der Waals surface area contributed by atoms with Crippen LogP contribution in [-0.2, 0) is 21.7 Å². The summed E-state index contributed by atoms with van der Waals surface area (Å²) in [6, 6.07) is 0. The molecule has 0 amide bonds. The van der Waals surface area contributed by atoms with E-state index in [0.29, 0.717) is 8.70 Å². The summed E-state index contributed by atoms with van der Waals surface area (Å²) in [6.07, 6.45) is 0. The van der Waals surface area contributed by atoms with E-state index in [-0.39, 0.29) is 39.1 Å². The van der Waals surface area contributed by atoms with E-state index in [1.165, 1.54) is 9.76 Å². The average molecular weight is 172 g/mol. The van der Waals surface area contributed by atoms with E-state index in [1.54, 1.807) is 0 Å². The largest absolute Gasteiger partial charge is 0.187 e. The minimum absolute atomic E-state index is 0. The molecule has 0 radical (unpaired) electrons. The Bertz CT molecular complexity index is 9.61. The maximum atomic E-state index is 2.78. The van der Waals surface area contributed by atoms with Crippen molar-refractivity contribution in [3.05, 3.63) is 0 Å². The second kappa shape index (κ2) is 16.5. The Hall–Kier alpha value is 2.11. The van der Waals surface area contributed by atoms with Gasteiger partial charge in [-0.2, -0.15) is 8.79 Å². The summed E-state index contributed by atoms with van der Waals surface area (Å²) in [4.78, 5) is 0. The van der Waals surface area contributed by atoms with Crippen LogP contribution in [0.4, 0.5) is 0 Å². The summed E-state index contributed by atoms with van der Waals surface area (Å²) in [5.74, 6) is 0. The zero-order chi connectivity index (χ0) is 2.71. The van der Waals surface area contributed by atoms with Crippen molar-refractivity contribution in [3.8, 4) is 0 Å². The Morgan fingerprint density at radius 1 is 1.60 bits per heavy atom. The molecule has 5 heteroatoms. The molecule has 0 saturated heterocycles. The van der Waals surface area contributed by atoms with Gasteiger partial charge in [-0.05, 0) is 9.76 Å². The SMILES string of the molecule is [AlH3].[SiH3][SiH2]P.[Ti]. The first kappa shape index (κ1) is 15.7. The van der Waals surface area contributed by atoms with Gasteiger partial charge >= 0.3 is 0 Å². The number of hydrogen-bond acceptors (Lipinski definition) is 0. The van der Waals surface area contributed by atoms with E-state index >= 15 is 0 Å². The van der Waals surface area contributed by atoms with Crippen molar-refractivity contribution in [1.29, 1.82) is 0 Å². The van der Waals surface area contributed by atoms with Crippen LogP contribution in [0.5, 0.6) is 0 Å². The molecule has 0 heterocycles. The van der Waals surface area contributed by atoms with Crippen LogP contribution in [0.15, 0.2) is 0 Å². The first-order chi connectivity index (χ1) is 1.41. The molecule has 5 heavy (non-hydrogen) atoms. The van der Waals surface area contributed by atoms with Gasteiger partial charge in [0.05, 0.1) is 0 Å². The van der Waals surface area contributed by atoms with Crippen molar-refractivity contribution in [1.82, 2.24) is 0 Å². The Morgan fingerprint density at radius 2 is 1.60 bits per heavy atom. The van der Waals surface area contributed by atoms with Crippen LogP contribution in [0, 0.1) is 0 Å². The summed E-state index contributed by atoms with van der Waals surface area (Å²) < 4.78 is 0. The quantitative estimate of drug-likeness (QED) is 0.270. The zero-order valence-corrected chi connectivity index (χ0v) is 8.91. The average Bonchev–Trinajstić information content (AvgIpc) is 0.918. The van der Waals surface area contributed by atoms with Gasteiger partial charge in [-0.25, -0.2) is 0 Å². The van der Waals surface area contributed by atoms with Crippen LogP contribution in [-0.4, -0.2) is 35.8 Å². The van der Waals surface area contributed by atoms with Gasteiger partial charge in [-0.15, -0.1) is 0 Å². The van der Waals surface area contributed by atoms with E-state index in [0.717, 1.165) is 0 Å². The third-order valence-corrected chi connectivity index (χ3v) is 0. The van der Waals surface area contributed by atoms with E-state index in [1.807, 2.05) is 0 Å². The van der Waals surface area contributed by atoms with Gasteiger partial charge in [0.25, 0.3) is 0 Å². The molecule has 0 N–H and O–H groups in total. The van der Waals surface area contributed by atoms with Crippen LogP contribution < -0.4 is 0 Å². The van der Waals surface area contributed by atoms with Gasteiger partial charge in [-0.3, -0.25) is 0 Å². The van der Waals surface area contributed by atoms with Crippen molar-refractivity contribution in [2.24, 2.45) is 0 Å². The monoisotopic (exact) mass is 172 g/mol. The molecular weight excluding hydrogens is 162 g/mol. The molecule has 0 fully saturated rings. The molecule has 0 bridgehead atoms. The van der Waals surface area contributed by atoms with Crippen molar-refractivity contribution >= 4 is 44.6 Å². The molecular formula is H10AlPSi2Ti. The number of hydrogen-bond donors (Lipinski definition) is 0. The minimum atomic E-state index is 0. The van der Waals surface area contributed by atoms with Crippen LogP contribution in [0.25, 0.3) is 0 Å². The van der Waals surface area contributed by atoms with Crippen LogP contribution in [0.2, 0.25) is 0 Å². The number of rotatable bonds is 0. The van der Waals surface area contributed by atoms with Crippen molar-refractivity contribution in [2.75, 3.05) is 0 Å². The first-order valence-electron chi connectivity index (χ1n) is 1.12. The molecule has 0 rings (SSSR count). The third-order valence-electron chi connectivity index (χ3n) is 0.